The van der Waals surface area contributed by atoms with Crippen LogP contribution in [0, 0.1) is 6.92 Å². The van der Waals surface area contributed by atoms with E-state index in [9.17, 15) is 0 Å². The third-order valence-corrected chi connectivity index (χ3v) is 2.16. The molecule has 1 heterocycles. The van der Waals surface area contributed by atoms with E-state index < -0.39 is 0 Å². The number of aromatic amines is 1. The first-order chi connectivity index (χ1) is 7.78. The highest BCUT2D eigenvalue weighted by atomic mass is 16.5. The highest BCUT2D eigenvalue weighted by molar-refractivity contribution is 5.26. The van der Waals surface area contributed by atoms with Gasteiger partial charge < -0.3 is 10.5 Å². The van der Waals surface area contributed by atoms with E-state index in [0.717, 1.165) is 5.75 Å². The maximum Gasteiger partial charge on any atom is 0.164 e. The van der Waals surface area contributed by atoms with Gasteiger partial charge in [0.1, 0.15) is 12.4 Å². The Bertz CT molecular complexity index is 449. The van der Waals surface area contributed by atoms with Gasteiger partial charge in [-0.05, 0) is 19.1 Å². The molecule has 16 heavy (non-hydrogen) atoms. The molecule has 0 radical (unpaired) electrons. The second-order valence-electron chi connectivity index (χ2n) is 3.50. The Kier molecular flexibility index (Phi) is 3.16. The van der Waals surface area contributed by atoms with Crippen LogP contribution in [0.2, 0.25) is 0 Å². The van der Waals surface area contributed by atoms with Crippen molar-refractivity contribution in [2.45, 2.75) is 20.1 Å². The minimum Gasteiger partial charge on any atom is -0.486 e. The lowest BCUT2D eigenvalue weighted by Crippen LogP contribution is -2.00. The van der Waals surface area contributed by atoms with E-state index in [0.29, 0.717) is 24.8 Å². The lowest BCUT2D eigenvalue weighted by Gasteiger charge is -2.03. The molecule has 0 saturated heterocycles. The molecule has 0 saturated carbocycles. The summed E-state index contributed by atoms with van der Waals surface area (Å²) in [7, 11) is 0. The Balaban J connectivity index is 1.94. The fourth-order valence-corrected chi connectivity index (χ4v) is 1.28. The molecule has 0 bridgehead atoms. The second kappa shape index (κ2) is 4.76. The molecule has 3 N–H and O–H groups in total. The molecule has 0 amide bonds. The monoisotopic (exact) mass is 218 g/mol. The van der Waals surface area contributed by atoms with Crippen molar-refractivity contribution < 1.29 is 4.74 Å². The molecule has 5 heteroatoms. The van der Waals surface area contributed by atoms with Crippen molar-refractivity contribution in [1.29, 1.82) is 0 Å². The summed E-state index contributed by atoms with van der Waals surface area (Å²) in [4.78, 5) is 4.14. The van der Waals surface area contributed by atoms with Gasteiger partial charge in [0.05, 0.1) is 6.54 Å². The van der Waals surface area contributed by atoms with E-state index in [-0.39, 0.29) is 0 Å². The van der Waals surface area contributed by atoms with Crippen LogP contribution in [0.4, 0.5) is 0 Å². The molecule has 0 fully saturated rings. The van der Waals surface area contributed by atoms with Crippen LogP contribution >= 0.6 is 0 Å². The molecule has 1 aromatic heterocycles. The van der Waals surface area contributed by atoms with Crippen molar-refractivity contribution in [3.63, 3.8) is 0 Å². The number of hydrogen-bond acceptors (Lipinski definition) is 4. The number of ether oxygens (including phenoxy) is 1. The first-order valence-corrected chi connectivity index (χ1v) is 5.07. The lowest BCUT2D eigenvalue weighted by atomic mass is 10.2. The number of nitrogens with one attached hydrogen (secondary N) is 1. The zero-order chi connectivity index (χ0) is 11.4. The normalized spacial score (nSPS) is 10.4. The maximum atomic E-state index is 5.53. The predicted molar refractivity (Wildman–Crippen MR) is 59.8 cm³/mol. The average molecular weight is 218 g/mol. The molecule has 0 aliphatic heterocycles. The molecule has 84 valence electrons. The zero-order valence-electron chi connectivity index (χ0n) is 9.10. The topological polar surface area (TPSA) is 76.8 Å². The Morgan fingerprint density at radius 3 is 2.69 bits per heavy atom. The van der Waals surface area contributed by atoms with Gasteiger partial charge >= 0.3 is 0 Å². The Labute approximate surface area is 93.7 Å². The van der Waals surface area contributed by atoms with Crippen molar-refractivity contribution in [3.05, 3.63) is 41.5 Å². The molecule has 0 aliphatic carbocycles. The van der Waals surface area contributed by atoms with Crippen LogP contribution in [-0.2, 0) is 13.2 Å². The van der Waals surface area contributed by atoms with Gasteiger partial charge in [0.15, 0.2) is 11.6 Å². The van der Waals surface area contributed by atoms with E-state index in [1.807, 2.05) is 31.2 Å². The van der Waals surface area contributed by atoms with Crippen LogP contribution < -0.4 is 10.5 Å². The Morgan fingerprint density at radius 2 is 2.06 bits per heavy atom. The molecule has 1 aromatic carbocycles. The van der Waals surface area contributed by atoms with Crippen LogP contribution in [-0.4, -0.2) is 15.2 Å². The summed E-state index contributed by atoms with van der Waals surface area (Å²) in [5.41, 5.74) is 6.61. The fourth-order valence-electron chi connectivity index (χ4n) is 1.28. The van der Waals surface area contributed by atoms with Crippen LogP contribution in [0.3, 0.4) is 0 Å². The fraction of sp³-hybridized carbons (Fsp3) is 0.273. The van der Waals surface area contributed by atoms with Crippen LogP contribution in [0.5, 0.6) is 5.75 Å². The molecule has 0 unspecified atom stereocenters. The average Bonchev–Trinajstić information content (AvgIpc) is 2.76. The number of rotatable bonds is 4. The highest BCUT2D eigenvalue weighted by Crippen LogP contribution is 2.12. The number of aryl methyl sites for hydroxylation is 1. The van der Waals surface area contributed by atoms with Crippen LogP contribution in [0.15, 0.2) is 24.3 Å². The lowest BCUT2D eigenvalue weighted by molar-refractivity contribution is 0.296. The number of hydrogen-bond donors (Lipinski definition) is 2. The maximum absolute atomic E-state index is 5.53. The number of nitrogens with zero attached hydrogens (tertiary/aromatic N) is 2. The van der Waals surface area contributed by atoms with Gasteiger partial charge in [-0.1, -0.05) is 17.7 Å². The predicted octanol–water partition coefficient (Wildman–Crippen LogP) is 1.15. The van der Waals surface area contributed by atoms with E-state index in [1.54, 1.807) is 0 Å². The molecular formula is C11H14N4O. The first kappa shape index (κ1) is 10.6. The minimum absolute atomic E-state index is 0.334. The summed E-state index contributed by atoms with van der Waals surface area (Å²) < 4.78 is 5.53. The first-order valence-electron chi connectivity index (χ1n) is 5.07. The molecule has 0 spiro atoms. The van der Waals surface area contributed by atoms with E-state index in [4.69, 9.17) is 10.5 Å². The summed E-state index contributed by atoms with van der Waals surface area (Å²) in [5.74, 6) is 2.10. The summed E-state index contributed by atoms with van der Waals surface area (Å²) in [6.45, 7) is 2.74. The zero-order valence-corrected chi connectivity index (χ0v) is 9.10. The Morgan fingerprint density at radius 1 is 1.31 bits per heavy atom. The van der Waals surface area contributed by atoms with E-state index in [1.165, 1.54) is 5.56 Å². The number of benzene rings is 1. The summed E-state index contributed by atoms with van der Waals surface area (Å²) in [6.07, 6.45) is 0. The highest BCUT2D eigenvalue weighted by Gasteiger charge is 2.01. The smallest absolute Gasteiger partial charge is 0.164 e. The molecule has 2 aromatic rings. The summed E-state index contributed by atoms with van der Waals surface area (Å²) in [5, 5.41) is 6.69. The number of nitrogens with two attached hydrogens (primary N) is 1. The van der Waals surface area contributed by atoms with E-state index >= 15 is 0 Å². The van der Waals surface area contributed by atoms with Gasteiger partial charge in [-0.3, -0.25) is 5.10 Å². The van der Waals surface area contributed by atoms with Crippen molar-refractivity contribution in [2.24, 2.45) is 5.73 Å². The van der Waals surface area contributed by atoms with Crippen molar-refractivity contribution in [1.82, 2.24) is 15.2 Å². The van der Waals surface area contributed by atoms with Crippen molar-refractivity contribution in [2.75, 3.05) is 0 Å². The second-order valence-corrected chi connectivity index (χ2v) is 3.50. The molecule has 0 aliphatic rings. The largest absolute Gasteiger partial charge is 0.486 e. The molecule has 2 rings (SSSR count). The molecule has 0 atom stereocenters. The Hall–Kier alpha value is -1.88. The minimum atomic E-state index is 0.334. The molecular weight excluding hydrogens is 204 g/mol. The quantitative estimate of drug-likeness (QED) is 0.807. The summed E-state index contributed by atoms with van der Waals surface area (Å²) >= 11 is 0. The van der Waals surface area contributed by atoms with Gasteiger partial charge in [0, 0.05) is 0 Å². The van der Waals surface area contributed by atoms with Crippen LogP contribution in [0.1, 0.15) is 17.2 Å². The summed E-state index contributed by atoms with van der Waals surface area (Å²) in [6, 6.07) is 7.85. The molecule has 5 nitrogen and oxygen atoms in total. The van der Waals surface area contributed by atoms with Gasteiger partial charge in [0.25, 0.3) is 0 Å². The SMILES string of the molecule is Cc1ccc(OCc2nc(CN)n[nH]2)cc1. The van der Waals surface area contributed by atoms with Crippen molar-refractivity contribution >= 4 is 0 Å². The standard InChI is InChI=1S/C11H14N4O/c1-8-2-4-9(5-3-8)16-7-11-13-10(6-12)14-15-11/h2-5H,6-7,12H2,1H3,(H,13,14,15). The number of H-pyrrole nitrogens is 1. The van der Waals surface area contributed by atoms with Gasteiger partial charge in [-0.15, -0.1) is 0 Å². The number of aromatic nitrogens is 3. The van der Waals surface area contributed by atoms with Crippen molar-refractivity contribution in [3.8, 4) is 5.75 Å². The van der Waals surface area contributed by atoms with Gasteiger partial charge in [-0.25, -0.2) is 4.98 Å². The van der Waals surface area contributed by atoms with Gasteiger partial charge in [-0.2, -0.15) is 5.10 Å². The third kappa shape index (κ3) is 2.58. The third-order valence-electron chi connectivity index (χ3n) is 2.16. The van der Waals surface area contributed by atoms with Gasteiger partial charge in [0.2, 0.25) is 0 Å². The van der Waals surface area contributed by atoms with Crippen LogP contribution in [0.25, 0.3) is 0 Å². The van der Waals surface area contributed by atoms with E-state index in [2.05, 4.69) is 15.2 Å².